The van der Waals surface area contributed by atoms with Gasteiger partial charge in [-0.2, -0.15) is 0 Å². The first-order valence-corrected chi connectivity index (χ1v) is 5.99. The van der Waals surface area contributed by atoms with E-state index in [1.165, 1.54) is 0 Å². The van der Waals surface area contributed by atoms with Crippen molar-refractivity contribution < 1.29 is 9.53 Å². The maximum Gasteiger partial charge on any atom is 0.374 e. The maximum atomic E-state index is 11.7. The highest BCUT2D eigenvalue weighted by Gasteiger charge is 2.16. The number of benzene rings is 1. The Morgan fingerprint density at radius 2 is 1.94 bits per heavy atom. The molecule has 0 spiro atoms. The molecule has 0 unspecified atom stereocenters. The lowest BCUT2D eigenvalue weighted by Crippen LogP contribution is -2.32. The van der Waals surface area contributed by atoms with Crippen LogP contribution < -0.4 is 0 Å². The molecule has 1 aromatic rings. The number of nitrogens with zero attached hydrogens (tertiary/aromatic N) is 2. The molecule has 0 atom stereocenters. The van der Waals surface area contributed by atoms with Gasteiger partial charge in [-0.3, -0.25) is 0 Å². The van der Waals surface area contributed by atoms with Crippen LogP contribution in [0.2, 0.25) is 0 Å². The molecule has 0 saturated heterocycles. The first-order valence-electron chi connectivity index (χ1n) is 5.58. The molecule has 96 valence electrons. The lowest BCUT2D eigenvalue weighted by molar-refractivity contribution is -0.135. The van der Waals surface area contributed by atoms with Crippen LogP contribution in [-0.2, 0) is 9.53 Å². The minimum atomic E-state index is -0.471. The van der Waals surface area contributed by atoms with Gasteiger partial charge in [-0.25, -0.2) is 9.79 Å². The highest BCUT2D eigenvalue weighted by atomic mass is 32.1. The molecule has 0 aliphatic heterocycles. The fraction of sp³-hybridized carbons (Fsp3) is 0.308. The third kappa shape index (κ3) is 3.92. The normalized spacial score (nSPS) is 10.9. The van der Waals surface area contributed by atoms with E-state index in [1.54, 1.807) is 25.9 Å². The van der Waals surface area contributed by atoms with Crippen LogP contribution in [0.25, 0.3) is 0 Å². The molecule has 4 nitrogen and oxygen atoms in total. The average Bonchev–Trinajstić information content (AvgIpc) is 2.36. The minimum absolute atomic E-state index is 0.200. The van der Waals surface area contributed by atoms with Crippen LogP contribution in [0.3, 0.4) is 0 Å². The van der Waals surface area contributed by atoms with Crippen molar-refractivity contribution in [1.29, 1.82) is 0 Å². The quantitative estimate of drug-likeness (QED) is 0.354. The maximum absolute atomic E-state index is 11.7. The van der Waals surface area contributed by atoms with E-state index in [1.807, 2.05) is 30.3 Å². The van der Waals surface area contributed by atoms with Crippen molar-refractivity contribution in [2.75, 3.05) is 20.7 Å². The Balaban J connectivity index is 2.96. The number of esters is 1. The molecular formula is C13H16N2O2S. The van der Waals surface area contributed by atoms with Crippen molar-refractivity contribution >= 4 is 29.0 Å². The first kappa shape index (κ1) is 14.3. The monoisotopic (exact) mass is 264 g/mol. The second-order valence-electron chi connectivity index (χ2n) is 3.72. The Morgan fingerprint density at radius 3 is 2.44 bits per heavy atom. The fourth-order valence-corrected chi connectivity index (χ4v) is 1.49. The van der Waals surface area contributed by atoms with E-state index >= 15 is 0 Å². The highest BCUT2D eigenvalue weighted by molar-refractivity contribution is 7.80. The lowest BCUT2D eigenvalue weighted by Gasteiger charge is -2.14. The number of hydrogen-bond acceptors (Lipinski definition) is 3. The van der Waals surface area contributed by atoms with Crippen molar-refractivity contribution in [3.05, 3.63) is 35.9 Å². The Hall–Kier alpha value is -1.75. The summed E-state index contributed by atoms with van der Waals surface area (Å²) in [6, 6.07) is 9.34. The van der Waals surface area contributed by atoms with Gasteiger partial charge in [0, 0.05) is 19.7 Å². The number of thiocarbonyl (C=S) groups is 1. The predicted octanol–water partition coefficient (Wildman–Crippen LogP) is 1.89. The molecule has 0 amide bonds. The molecule has 0 heterocycles. The van der Waals surface area contributed by atoms with Gasteiger partial charge in [0.25, 0.3) is 0 Å². The van der Waals surface area contributed by atoms with Crippen LogP contribution in [0.5, 0.6) is 0 Å². The SMILES string of the molecule is CCOC(=O)C(=NC(=S)c1ccccc1)N(C)C. The molecule has 1 aromatic carbocycles. The van der Waals surface area contributed by atoms with Crippen LogP contribution in [0, 0.1) is 0 Å². The van der Waals surface area contributed by atoms with Crippen molar-refractivity contribution in [3.63, 3.8) is 0 Å². The molecule has 0 aliphatic carbocycles. The topological polar surface area (TPSA) is 41.9 Å². The summed E-state index contributed by atoms with van der Waals surface area (Å²) in [5.74, 6) is -0.272. The molecule has 1 rings (SSSR count). The predicted molar refractivity (Wildman–Crippen MR) is 75.9 cm³/mol. The summed E-state index contributed by atoms with van der Waals surface area (Å²) in [4.78, 5) is 17.8. The van der Waals surface area contributed by atoms with Crippen molar-refractivity contribution in [1.82, 2.24) is 4.90 Å². The largest absolute Gasteiger partial charge is 0.460 e. The number of rotatable bonds is 2. The van der Waals surface area contributed by atoms with Gasteiger partial charge in [-0.1, -0.05) is 42.5 Å². The number of likely N-dealkylation sites (N-methyl/N-ethyl adjacent to an activating group) is 1. The molecule has 0 bridgehead atoms. The standard InChI is InChI=1S/C13H16N2O2S/c1-4-17-13(16)11(15(2)3)14-12(18)10-8-6-5-7-9-10/h5-9H,4H2,1-3H3. The third-order valence-corrected chi connectivity index (χ3v) is 2.44. The van der Waals surface area contributed by atoms with E-state index in [2.05, 4.69) is 4.99 Å². The summed E-state index contributed by atoms with van der Waals surface area (Å²) in [5, 5.41) is 0. The summed E-state index contributed by atoms with van der Waals surface area (Å²) in [6.45, 7) is 2.06. The van der Waals surface area contributed by atoms with Crippen LogP contribution >= 0.6 is 12.2 Å². The molecule has 0 fully saturated rings. The van der Waals surface area contributed by atoms with Crippen LogP contribution in [-0.4, -0.2) is 42.4 Å². The smallest absolute Gasteiger partial charge is 0.374 e. The van der Waals surface area contributed by atoms with Gasteiger partial charge in [0.05, 0.1) is 6.61 Å². The second-order valence-corrected chi connectivity index (χ2v) is 4.11. The Labute approximate surface area is 112 Å². The molecule has 18 heavy (non-hydrogen) atoms. The molecule has 0 N–H and O–H groups in total. The molecule has 5 heteroatoms. The number of carbonyl (C=O) groups is 1. The number of amidine groups is 1. The molecular weight excluding hydrogens is 248 g/mol. The van der Waals surface area contributed by atoms with E-state index in [0.29, 0.717) is 11.6 Å². The number of aliphatic imine (C=N–C) groups is 1. The molecule has 0 radical (unpaired) electrons. The fourth-order valence-electron chi connectivity index (χ4n) is 1.27. The zero-order valence-corrected chi connectivity index (χ0v) is 11.5. The van der Waals surface area contributed by atoms with E-state index in [4.69, 9.17) is 17.0 Å². The number of hydrogen-bond donors (Lipinski definition) is 0. The van der Waals surface area contributed by atoms with E-state index in [9.17, 15) is 4.79 Å². The van der Waals surface area contributed by atoms with Gasteiger partial charge in [-0.15, -0.1) is 0 Å². The van der Waals surface area contributed by atoms with Gasteiger partial charge in [0.2, 0.25) is 5.84 Å². The Kier molecular flexibility index (Phi) is 5.45. The van der Waals surface area contributed by atoms with Crippen molar-refractivity contribution in [2.45, 2.75) is 6.92 Å². The molecule has 0 aromatic heterocycles. The van der Waals surface area contributed by atoms with Crippen LogP contribution in [0.1, 0.15) is 12.5 Å². The summed E-state index contributed by atoms with van der Waals surface area (Å²) >= 11 is 5.20. The van der Waals surface area contributed by atoms with Crippen molar-refractivity contribution in [2.24, 2.45) is 4.99 Å². The third-order valence-electron chi connectivity index (χ3n) is 2.11. The Bertz CT molecular complexity index is 455. The van der Waals surface area contributed by atoms with E-state index in [-0.39, 0.29) is 5.84 Å². The van der Waals surface area contributed by atoms with Gasteiger partial charge in [-0.05, 0) is 6.92 Å². The van der Waals surface area contributed by atoms with Crippen LogP contribution in [0.15, 0.2) is 35.3 Å². The summed E-state index contributed by atoms with van der Waals surface area (Å²) in [6.07, 6.45) is 0. The van der Waals surface area contributed by atoms with E-state index in [0.717, 1.165) is 5.56 Å². The van der Waals surface area contributed by atoms with Gasteiger partial charge in [0.1, 0.15) is 4.99 Å². The Morgan fingerprint density at radius 1 is 1.33 bits per heavy atom. The lowest BCUT2D eigenvalue weighted by atomic mass is 10.2. The average molecular weight is 264 g/mol. The minimum Gasteiger partial charge on any atom is -0.460 e. The summed E-state index contributed by atoms with van der Waals surface area (Å²) < 4.78 is 4.93. The first-order chi connectivity index (χ1) is 8.56. The zero-order valence-electron chi connectivity index (χ0n) is 10.7. The van der Waals surface area contributed by atoms with Gasteiger partial charge in [0.15, 0.2) is 0 Å². The highest BCUT2D eigenvalue weighted by Crippen LogP contribution is 2.04. The van der Waals surface area contributed by atoms with Crippen LogP contribution in [0.4, 0.5) is 0 Å². The molecule has 0 aliphatic rings. The molecule has 0 saturated carbocycles. The van der Waals surface area contributed by atoms with Gasteiger partial charge < -0.3 is 9.64 Å². The summed E-state index contributed by atoms with van der Waals surface area (Å²) in [5.41, 5.74) is 0.802. The van der Waals surface area contributed by atoms with E-state index < -0.39 is 5.97 Å². The summed E-state index contributed by atoms with van der Waals surface area (Å²) in [7, 11) is 3.45. The van der Waals surface area contributed by atoms with Crippen molar-refractivity contribution in [3.8, 4) is 0 Å². The second kappa shape index (κ2) is 6.86. The zero-order chi connectivity index (χ0) is 13.5. The number of carbonyl (C=O) groups excluding carboxylic acids is 1. The number of ether oxygens (including phenoxy) is 1. The van der Waals surface area contributed by atoms with Gasteiger partial charge >= 0.3 is 5.97 Å².